The van der Waals surface area contributed by atoms with Gasteiger partial charge in [0.15, 0.2) is 0 Å². The molecule has 0 amide bonds. The molecule has 0 aliphatic carbocycles. The Morgan fingerprint density at radius 3 is 2.00 bits per heavy atom. The average molecular weight is 455 g/mol. The van der Waals surface area contributed by atoms with E-state index < -0.39 is 10.1 Å². The summed E-state index contributed by atoms with van der Waals surface area (Å²) in [4.78, 5) is -0.265. The smallest absolute Gasteiger partial charge is 0.270 e. The fourth-order valence-electron chi connectivity index (χ4n) is 1.82. The molecule has 10 heteroatoms. The molecule has 0 bridgehead atoms. The Kier molecular flexibility index (Phi) is 6.03. The molecule has 0 saturated carbocycles. The van der Waals surface area contributed by atoms with E-state index in [2.05, 4.69) is 4.18 Å². The molecular weight excluding hydrogens is 449 g/mol. The summed E-state index contributed by atoms with van der Waals surface area (Å²) >= 11 is 36.5. The summed E-state index contributed by atoms with van der Waals surface area (Å²) in [6, 6.07) is 3.97. The first-order valence-corrected chi connectivity index (χ1v) is 9.41. The zero-order valence-electron chi connectivity index (χ0n) is 11.1. The number of rotatable bonds is 3. The highest BCUT2D eigenvalue weighted by Gasteiger charge is 2.25. The molecule has 0 spiro atoms. The van der Waals surface area contributed by atoms with Crippen molar-refractivity contribution in [3.63, 3.8) is 0 Å². The maximum absolute atomic E-state index is 11.9. The van der Waals surface area contributed by atoms with Crippen molar-refractivity contribution in [2.75, 3.05) is 7.11 Å². The van der Waals surface area contributed by atoms with Crippen LogP contribution in [-0.2, 0) is 14.3 Å². The first-order chi connectivity index (χ1) is 10.6. The fraction of sp³-hybridized carbons (Fsp3) is 0.0769. The SMILES string of the molecule is COS(=O)(=O)c1ccc(Cl)c(-c2cc(Cl)c(Cl)c(Cl)c2Cl)c1Cl. The third kappa shape index (κ3) is 3.55. The van der Waals surface area contributed by atoms with Gasteiger partial charge in [-0.15, -0.1) is 0 Å². The lowest BCUT2D eigenvalue weighted by molar-refractivity contribution is 0.398. The summed E-state index contributed by atoms with van der Waals surface area (Å²) in [5.41, 5.74) is 0.395. The van der Waals surface area contributed by atoms with Crippen molar-refractivity contribution in [3.8, 4) is 11.1 Å². The van der Waals surface area contributed by atoms with Crippen molar-refractivity contribution in [2.24, 2.45) is 0 Å². The molecule has 23 heavy (non-hydrogen) atoms. The minimum absolute atomic E-state index is 0.00275. The number of benzene rings is 2. The van der Waals surface area contributed by atoms with E-state index in [1.165, 1.54) is 18.2 Å². The van der Waals surface area contributed by atoms with Crippen LogP contribution in [0.2, 0.25) is 30.1 Å². The maximum atomic E-state index is 11.9. The van der Waals surface area contributed by atoms with Crippen molar-refractivity contribution in [1.82, 2.24) is 0 Å². The van der Waals surface area contributed by atoms with Crippen LogP contribution in [0.15, 0.2) is 23.1 Å². The molecule has 0 aliphatic heterocycles. The Morgan fingerprint density at radius 1 is 0.826 bits per heavy atom. The van der Waals surface area contributed by atoms with Gasteiger partial charge in [-0.3, -0.25) is 4.18 Å². The predicted octanol–water partition coefficient (Wildman–Crippen LogP) is 6.61. The second-order valence-electron chi connectivity index (χ2n) is 4.20. The first kappa shape index (κ1) is 19.4. The lowest BCUT2D eigenvalue weighted by atomic mass is 10.1. The third-order valence-corrected chi connectivity index (χ3v) is 6.81. The molecule has 0 N–H and O–H groups in total. The van der Waals surface area contributed by atoms with E-state index in [0.717, 1.165) is 7.11 Å². The first-order valence-electron chi connectivity index (χ1n) is 5.73. The second kappa shape index (κ2) is 7.14. The molecule has 2 aromatic carbocycles. The van der Waals surface area contributed by atoms with Gasteiger partial charge in [0.05, 0.1) is 37.2 Å². The standard InChI is InChI=1S/C13H6Cl6O3S/c1-22-23(20,21)8-3-2-6(14)9(12(8)18)5-4-7(15)11(17)13(19)10(5)16/h2-4H,1H3. The van der Waals surface area contributed by atoms with E-state index in [9.17, 15) is 8.42 Å². The summed E-state index contributed by atoms with van der Waals surface area (Å²) in [5.74, 6) is 0. The van der Waals surface area contributed by atoms with Gasteiger partial charge in [-0.25, -0.2) is 0 Å². The second-order valence-corrected chi connectivity index (χ2v) is 8.21. The number of hydrogen-bond donors (Lipinski definition) is 0. The van der Waals surface area contributed by atoms with E-state index >= 15 is 0 Å². The third-order valence-electron chi connectivity index (χ3n) is 2.92. The quantitative estimate of drug-likeness (QED) is 0.298. The van der Waals surface area contributed by atoms with Crippen LogP contribution >= 0.6 is 69.6 Å². The average Bonchev–Trinajstić information content (AvgIpc) is 2.49. The van der Waals surface area contributed by atoms with Gasteiger partial charge in [0.25, 0.3) is 10.1 Å². The van der Waals surface area contributed by atoms with E-state index in [1.54, 1.807) is 0 Å². The molecule has 0 radical (unpaired) electrons. The summed E-state index contributed by atoms with van der Waals surface area (Å²) < 4.78 is 28.3. The molecule has 0 unspecified atom stereocenters. The summed E-state index contributed by atoms with van der Waals surface area (Å²) in [5, 5.41) is 0.204. The Bertz CT molecular complexity index is 895. The Labute approximate surface area is 163 Å². The molecule has 2 aromatic rings. The van der Waals surface area contributed by atoms with Crippen LogP contribution in [0.3, 0.4) is 0 Å². The monoisotopic (exact) mass is 452 g/mol. The van der Waals surface area contributed by atoms with Gasteiger partial charge in [0.2, 0.25) is 0 Å². The normalized spacial score (nSPS) is 11.8. The van der Waals surface area contributed by atoms with Crippen molar-refractivity contribution in [2.45, 2.75) is 4.90 Å². The Morgan fingerprint density at radius 2 is 1.43 bits per heavy atom. The molecule has 0 fully saturated rings. The zero-order valence-corrected chi connectivity index (χ0v) is 16.5. The Balaban J connectivity index is 2.88. The lowest BCUT2D eigenvalue weighted by Gasteiger charge is -2.14. The van der Waals surface area contributed by atoms with Gasteiger partial charge in [0, 0.05) is 11.1 Å². The van der Waals surface area contributed by atoms with Crippen LogP contribution in [0.4, 0.5) is 0 Å². The van der Waals surface area contributed by atoms with E-state index in [1.807, 2.05) is 0 Å². The van der Waals surface area contributed by atoms with Crippen LogP contribution in [-0.4, -0.2) is 15.5 Å². The van der Waals surface area contributed by atoms with Gasteiger partial charge in [0.1, 0.15) is 4.90 Å². The fourth-order valence-corrected chi connectivity index (χ4v) is 4.31. The van der Waals surface area contributed by atoms with Gasteiger partial charge < -0.3 is 0 Å². The minimum atomic E-state index is -4.04. The minimum Gasteiger partial charge on any atom is -0.270 e. The highest BCUT2D eigenvalue weighted by Crippen LogP contribution is 2.47. The molecule has 0 aromatic heterocycles. The van der Waals surface area contributed by atoms with Crippen molar-refractivity contribution in [1.29, 1.82) is 0 Å². The van der Waals surface area contributed by atoms with Crippen molar-refractivity contribution < 1.29 is 12.6 Å². The molecule has 0 aliphatic rings. The molecule has 0 saturated heterocycles. The topological polar surface area (TPSA) is 43.4 Å². The van der Waals surface area contributed by atoms with Gasteiger partial charge >= 0.3 is 0 Å². The summed E-state index contributed by atoms with van der Waals surface area (Å²) in [6.45, 7) is 0. The molecule has 0 atom stereocenters. The predicted molar refractivity (Wildman–Crippen MR) is 96.1 cm³/mol. The maximum Gasteiger partial charge on any atom is 0.298 e. The van der Waals surface area contributed by atoms with Crippen LogP contribution in [0.1, 0.15) is 0 Å². The highest BCUT2D eigenvalue weighted by atomic mass is 35.5. The van der Waals surface area contributed by atoms with Crippen LogP contribution in [0.5, 0.6) is 0 Å². The lowest BCUT2D eigenvalue weighted by Crippen LogP contribution is -2.04. The van der Waals surface area contributed by atoms with Gasteiger partial charge in [-0.2, -0.15) is 8.42 Å². The van der Waals surface area contributed by atoms with Crippen LogP contribution < -0.4 is 0 Å². The van der Waals surface area contributed by atoms with Crippen LogP contribution in [0.25, 0.3) is 11.1 Å². The molecule has 2 rings (SSSR count). The van der Waals surface area contributed by atoms with Crippen LogP contribution in [0, 0.1) is 0 Å². The Hall–Kier alpha value is 0.0900. The number of hydrogen-bond acceptors (Lipinski definition) is 3. The number of halogens is 6. The molecule has 124 valence electrons. The van der Waals surface area contributed by atoms with Gasteiger partial charge in [-0.1, -0.05) is 69.6 Å². The largest absolute Gasteiger partial charge is 0.298 e. The highest BCUT2D eigenvalue weighted by molar-refractivity contribution is 7.86. The molecule has 0 heterocycles. The summed E-state index contributed by atoms with van der Waals surface area (Å²) in [7, 11) is -3.03. The van der Waals surface area contributed by atoms with E-state index in [0.29, 0.717) is 0 Å². The van der Waals surface area contributed by atoms with E-state index in [4.69, 9.17) is 69.6 Å². The van der Waals surface area contributed by atoms with Crippen molar-refractivity contribution >= 4 is 79.7 Å². The molecule has 3 nitrogen and oxygen atoms in total. The van der Waals surface area contributed by atoms with Crippen molar-refractivity contribution in [3.05, 3.63) is 48.3 Å². The molecular formula is C13H6Cl6O3S. The van der Waals surface area contributed by atoms with Gasteiger partial charge in [-0.05, 0) is 18.2 Å². The summed E-state index contributed by atoms with van der Waals surface area (Å²) in [6.07, 6.45) is 0. The van der Waals surface area contributed by atoms with E-state index in [-0.39, 0.29) is 46.2 Å². The zero-order chi connectivity index (χ0) is 17.5.